The number of aliphatic hydroxyl groups excluding tert-OH is 1. The van der Waals surface area contributed by atoms with Gasteiger partial charge in [0.15, 0.2) is 0 Å². The highest BCUT2D eigenvalue weighted by atomic mass is 16.6. The Morgan fingerprint density at radius 3 is 2.71 bits per heavy atom. The number of nitro benzene ring substituents is 1. The highest BCUT2D eigenvalue weighted by Crippen LogP contribution is 2.32. The fourth-order valence-electron chi connectivity index (χ4n) is 1.43. The molecule has 0 bridgehead atoms. The lowest BCUT2D eigenvalue weighted by Crippen LogP contribution is -2.32. The fourth-order valence-corrected chi connectivity index (χ4v) is 1.43. The Labute approximate surface area is 99.6 Å². The molecule has 1 atom stereocenters. The molecule has 17 heavy (non-hydrogen) atoms. The molecule has 0 aliphatic carbocycles. The Morgan fingerprint density at radius 2 is 2.24 bits per heavy atom. The van der Waals surface area contributed by atoms with Gasteiger partial charge in [-0.05, 0) is 13.0 Å². The van der Waals surface area contributed by atoms with Gasteiger partial charge in [-0.15, -0.1) is 0 Å². The zero-order chi connectivity index (χ0) is 13.0. The van der Waals surface area contributed by atoms with E-state index in [4.69, 9.17) is 9.84 Å². The number of ether oxygens (including phenoxy) is 1. The number of nitrogens with zero attached hydrogens (tertiary/aromatic N) is 2. The summed E-state index contributed by atoms with van der Waals surface area (Å²) in [6, 6.07) is 4.32. The van der Waals surface area contributed by atoms with Gasteiger partial charge in [0.2, 0.25) is 0 Å². The van der Waals surface area contributed by atoms with E-state index in [2.05, 4.69) is 0 Å². The molecule has 0 aliphatic rings. The number of aliphatic hydroxyl groups is 1. The number of hydrogen-bond acceptors (Lipinski definition) is 5. The number of anilines is 1. The van der Waals surface area contributed by atoms with Crippen molar-refractivity contribution in [1.82, 2.24) is 0 Å². The van der Waals surface area contributed by atoms with Crippen LogP contribution in [0.25, 0.3) is 0 Å². The van der Waals surface area contributed by atoms with E-state index in [-0.39, 0.29) is 18.3 Å². The Morgan fingerprint density at radius 1 is 1.59 bits per heavy atom. The average Bonchev–Trinajstić information content (AvgIpc) is 2.35. The maximum absolute atomic E-state index is 10.9. The van der Waals surface area contributed by atoms with Gasteiger partial charge in [-0.1, -0.05) is 0 Å². The first-order valence-electron chi connectivity index (χ1n) is 5.17. The highest BCUT2D eigenvalue weighted by molar-refractivity contribution is 5.65. The molecule has 6 nitrogen and oxygen atoms in total. The lowest BCUT2D eigenvalue weighted by atomic mass is 10.2. The van der Waals surface area contributed by atoms with Crippen LogP contribution in [0, 0.1) is 10.1 Å². The summed E-state index contributed by atoms with van der Waals surface area (Å²) in [5, 5.41) is 20.0. The predicted molar refractivity (Wildman–Crippen MR) is 64.6 cm³/mol. The normalized spacial score (nSPS) is 12.0. The van der Waals surface area contributed by atoms with Crippen molar-refractivity contribution in [3.05, 3.63) is 28.3 Å². The molecule has 0 aromatic heterocycles. The van der Waals surface area contributed by atoms with Gasteiger partial charge < -0.3 is 14.7 Å². The van der Waals surface area contributed by atoms with Crippen LogP contribution >= 0.6 is 0 Å². The smallest absolute Gasteiger partial charge is 0.292 e. The maximum Gasteiger partial charge on any atom is 0.292 e. The van der Waals surface area contributed by atoms with E-state index in [1.165, 1.54) is 13.2 Å². The van der Waals surface area contributed by atoms with Gasteiger partial charge in [-0.2, -0.15) is 0 Å². The number of nitro groups is 1. The Kier molecular flexibility index (Phi) is 4.28. The first-order chi connectivity index (χ1) is 8.01. The summed E-state index contributed by atoms with van der Waals surface area (Å²) in [5.41, 5.74) is 0.421. The van der Waals surface area contributed by atoms with Gasteiger partial charge in [0.1, 0.15) is 11.4 Å². The lowest BCUT2D eigenvalue weighted by molar-refractivity contribution is -0.384. The summed E-state index contributed by atoms with van der Waals surface area (Å²) in [6.07, 6.45) is 0. The molecular formula is C11H16N2O4. The summed E-state index contributed by atoms with van der Waals surface area (Å²) in [6.45, 7) is 1.70. The van der Waals surface area contributed by atoms with Crippen LogP contribution in [0.15, 0.2) is 18.2 Å². The summed E-state index contributed by atoms with van der Waals surface area (Å²) >= 11 is 0. The molecule has 0 saturated carbocycles. The standard InChI is InChI=1S/C11H16N2O4/c1-8(7-14)12(2)11-6-9(17-3)4-5-10(11)13(15)16/h4-6,8,14H,7H2,1-3H3. The number of benzene rings is 1. The first kappa shape index (κ1) is 13.2. The van der Waals surface area contributed by atoms with Crippen molar-refractivity contribution in [3.63, 3.8) is 0 Å². The van der Waals surface area contributed by atoms with E-state index in [0.29, 0.717) is 11.4 Å². The molecule has 0 heterocycles. The summed E-state index contributed by atoms with van der Waals surface area (Å²) in [4.78, 5) is 12.1. The van der Waals surface area contributed by atoms with Crippen LogP contribution in [0.4, 0.5) is 11.4 Å². The first-order valence-corrected chi connectivity index (χ1v) is 5.17. The number of rotatable bonds is 5. The van der Waals surface area contributed by atoms with Gasteiger partial charge in [0, 0.05) is 25.2 Å². The Balaban J connectivity index is 3.21. The van der Waals surface area contributed by atoms with Crippen molar-refractivity contribution >= 4 is 11.4 Å². The molecule has 0 fully saturated rings. The molecular weight excluding hydrogens is 224 g/mol. The molecule has 0 amide bonds. The number of hydrogen-bond donors (Lipinski definition) is 1. The number of methoxy groups -OCH3 is 1. The zero-order valence-electron chi connectivity index (χ0n) is 10.1. The van der Waals surface area contributed by atoms with Gasteiger partial charge in [-0.25, -0.2) is 0 Å². The van der Waals surface area contributed by atoms with Gasteiger partial charge in [-0.3, -0.25) is 10.1 Å². The van der Waals surface area contributed by atoms with Crippen LogP contribution in [0.3, 0.4) is 0 Å². The topological polar surface area (TPSA) is 75.8 Å². The molecule has 0 spiro atoms. The van der Waals surface area contributed by atoms with Crippen LogP contribution in [-0.2, 0) is 0 Å². The minimum absolute atomic E-state index is 0.00593. The minimum atomic E-state index is -0.449. The second kappa shape index (κ2) is 5.49. The average molecular weight is 240 g/mol. The second-order valence-corrected chi connectivity index (χ2v) is 3.75. The molecule has 0 aliphatic heterocycles. The van der Waals surface area contributed by atoms with E-state index >= 15 is 0 Å². The molecule has 1 rings (SSSR count). The zero-order valence-corrected chi connectivity index (χ0v) is 10.1. The molecule has 1 aromatic rings. The Bertz CT molecular complexity index is 408. The van der Waals surface area contributed by atoms with Gasteiger partial charge in [0.05, 0.1) is 18.6 Å². The van der Waals surface area contributed by atoms with Gasteiger partial charge in [0.25, 0.3) is 5.69 Å². The lowest BCUT2D eigenvalue weighted by Gasteiger charge is -2.25. The Hall–Kier alpha value is -1.82. The van der Waals surface area contributed by atoms with Crippen molar-refractivity contribution in [2.45, 2.75) is 13.0 Å². The van der Waals surface area contributed by atoms with Crippen LogP contribution < -0.4 is 9.64 Å². The van der Waals surface area contributed by atoms with Crippen molar-refractivity contribution in [3.8, 4) is 5.75 Å². The van der Waals surface area contributed by atoms with E-state index in [0.717, 1.165) is 0 Å². The second-order valence-electron chi connectivity index (χ2n) is 3.75. The largest absolute Gasteiger partial charge is 0.497 e. The predicted octanol–water partition coefficient (Wildman–Crippen LogP) is 1.42. The fraction of sp³-hybridized carbons (Fsp3) is 0.455. The van der Waals surface area contributed by atoms with Crippen molar-refractivity contribution in [1.29, 1.82) is 0 Å². The summed E-state index contributed by atoms with van der Waals surface area (Å²) in [7, 11) is 3.20. The van der Waals surface area contributed by atoms with E-state index in [9.17, 15) is 10.1 Å². The van der Waals surface area contributed by atoms with E-state index in [1.54, 1.807) is 31.0 Å². The van der Waals surface area contributed by atoms with Crippen molar-refractivity contribution in [2.24, 2.45) is 0 Å². The maximum atomic E-state index is 10.9. The molecule has 0 radical (unpaired) electrons. The molecule has 6 heteroatoms. The summed E-state index contributed by atoms with van der Waals surface area (Å²) in [5.74, 6) is 0.544. The SMILES string of the molecule is COc1ccc([N+](=O)[O-])c(N(C)C(C)CO)c1. The van der Waals surface area contributed by atoms with Crippen LogP contribution in [0.1, 0.15) is 6.92 Å². The quantitative estimate of drug-likeness (QED) is 0.622. The molecule has 1 N–H and O–H groups in total. The molecule has 94 valence electrons. The molecule has 0 saturated heterocycles. The van der Waals surface area contributed by atoms with E-state index in [1.807, 2.05) is 0 Å². The molecule has 1 unspecified atom stereocenters. The van der Waals surface area contributed by atoms with Gasteiger partial charge >= 0.3 is 0 Å². The minimum Gasteiger partial charge on any atom is -0.497 e. The number of likely N-dealkylation sites (N-methyl/N-ethyl adjacent to an activating group) is 1. The van der Waals surface area contributed by atoms with Crippen molar-refractivity contribution < 1.29 is 14.8 Å². The monoisotopic (exact) mass is 240 g/mol. The third-order valence-electron chi connectivity index (χ3n) is 2.68. The highest BCUT2D eigenvalue weighted by Gasteiger charge is 2.20. The van der Waals surface area contributed by atoms with Crippen LogP contribution in [0.2, 0.25) is 0 Å². The van der Waals surface area contributed by atoms with Crippen molar-refractivity contribution in [2.75, 3.05) is 25.7 Å². The van der Waals surface area contributed by atoms with Crippen LogP contribution in [-0.4, -0.2) is 36.8 Å². The third-order valence-corrected chi connectivity index (χ3v) is 2.68. The summed E-state index contributed by atoms with van der Waals surface area (Å²) < 4.78 is 5.04. The van der Waals surface area contributed by atoms with E-state index < -0.39 is 4.92 Å². The third kappa shape index (κ3) is 2.85. The van der Waals surface area contributed by atoms with Crippen LogP contribution in [0.5, 0.6) is 5.75 Å². The molecule has 1 aromatic carbocycles.